The predicted molar refractivity (Wildman–Crippen MR) is 75.6 cm³/mol. The standard InChI is InChI=1S/C14H18N2O5/c1-8(2)5-10(13(17)18)16-14(19)15-9-3-4-11-12(6-9)21-7-20-11/h3-4,6,8,10H,5,7H2,1-2H3,(H,17,18)(H2,15,16,19). The Morgan fingerprint density at radius 3 is 2.67 bits per heavy atom. The molecule has 2 rings (SSSR count). The second-order valence-corrected chi connectivity index (χ2v) is 5.19. The number of rotatable bonds is 5. The molecule has 1 heterocycles. The third kappa shape index (κ3) is 4.01. The number of carbonyl (C=O) groups excluding carboxylic acids is 1. The van der Waals surface area contributed by atoms with Crippen molar-refractivity contribution in [1.29, 1.82) is 0 Å². The molecular formula is C14H18N2O5. The molecule has 7 heteroatoms. The fraction of sp³-hybridized carbons (Fsp3) is 0.429. The number of carbonyl (C=O) groups is 2. The Bertz CT molecular complexity index is 544. The minimum Gasteiger partial charge on any atom is -0.480 e. The van der Waals surface area contributed by atoms with Crippen LogP contribution >= 0.6 is 0 Å². The zero-order chi connectivity index (χ0) is 15.4. The predicted octanol–water partition coefficient (Wildman–Crippen LogP) is 2.04. The molecule has 2 amide bonds. The molecule has 0 bridgehead atoms. The van der Waals surface area contributed by atoms with Gasteiger partial charge in [-0.3, -0.25) is 0 Å². The first-order valence-corrected chi connectivity index (χ1v) is 6.65. The first-order valence-electron chi connectivity index (χ1n) is 6.65. The quantitative estimate of drug-likeness (QED) is 0.772. The molecule has 21 heavy (non-hydrogen) atoms. The zero-order valence-corrected chi connectivity index (χ0v) is 11.9. The number of aliphatic carboxylic acids is 1. The van der Waals surface area contributed by atoms with Gasteiger partial charge in [-0.15, -0.1) is 0 Å². The van der Waals surface area contributed by atoms with Crippen molar-refractivity contribution in [2.24, 2.45) is 5.92 Å². The maximum absolute atomic E-state index is 11.9. The van der Waals surface area contributed by atoms with Gasteiger partial charge in [-0.05, 0) is 24.5 Å². The van der Waals surface area contributed by atoms with E-state index in [2.05, 4.69) is 10.6 Å². The highest BCUT2D eigenvalue weighted by atomic mass is 16.7. The summed E-state index contributed by atoms with van der Waals surface area (Å²) in [7, 11) is 0. The molecule has 1 aliphatic rings. The van der Waals surface area contributed by atoms with Gasteiger partial charge < -0.3 is 25.2 Å². The molecule has 1 atom stereocenters. The van der Waals surface area contributed by atoms with Crippen molar-refractivity contribution in [3.8, 4) is 11.5 Å². The molecule has 1 aromatic carbocycles. The number of ether oxygens (including phenoxy) is 2. The molecule has 3 N–H and O–H groups in total. The highest BCUT2D eigenvalue weighted by Gasteiger charge is 2.21. The van der Waals surface area contributed by atoms with Gasteiger partial charge in [0.1, 0.15) is 6.04 Å². The van der Waals surface area contributed by atoms with Gasteiger partial charge in [-0.25, -0.2) is 9.59 Å². The number of hydrogen-bond donors (Lipinski definition) is 3. The topological polar surface area (TPSA) is 96.9 Å². The van der Waals surface area contributed by atoms with E-state index in [9.17, 15) is 9.59 Å². The molecule has 1 aliphatic heterocycles. The van der Waals surface area contributed by atoms with Crippen LogP contribution in [0.15, 0.2) is 18.2 Å². The van der Waals surface area contributed by atoms with Gasteiger partial charge in [0.15, 0.2) is 11.5 Å². The van der Waals surface area contributed by atoms with E-state index >= 15 is 0 Å². The van der Waals surface area contributed by atoms with Crippen molar-refractivity contribution in [2.75, 3.05) is 12.1 Å². The van der Waals surface area contributed by atoms with Gasteiger partial charge in [0.25, 0.3) is 0 Å². The number of nitrogens with one attached hydrogen (secondary N) is 2. The smallest absolute Gasteiger partial charge is 0.326 e. The third-order valence-corrected chi connectivity index (χ3v) is 2.94. The van der Waals surface area contributed by atoms with E-state index in [0.29, 0.717) is 23.6 Å². The van der Waals surface area contributed by atoms with Crippen LogP contribution < -0.4 is 20.1 Å². The van der Waals surface area contributed by atoms with E-state index < -0.39 is 18.0 Å². The number of urea groups is 1. The highest BCUT2D eigenvalue weighted by molar-refractivity contribution is 5.92. The molecule has 0 aromatic heterocycles. The second-order valence-electron chi connectivity index (χ2n) is 5.19. The van der Waals surface area contributed by atoms with E-state index in [-0.39, 0.29) is 12.7 Å². The number of benzene rings is 1. The average Bonchev–Trinajstić information content (AvgIpc) is 2.84. The van der Waals surface area contributed by atoms with Crippen molar-refractivity contribution in [2.45, 2.75) is 26.3 Å². The summed E-state index contributed by atoms with van der Waals surface area (Å²) in [6.45, 7) is 3.95. The van der Waals surface area contributed by atoms with E-state index in [0.717, 1.165) is 0 Å². The lowest BCUT2D eigenvalue weighted by atomic mass is 10.0. The molecule has 1 unspecified atom stereocenters. The molecule has 114 valence electrons. The van der Waals surface area contributed by atoms with Gasteiger partial charge in [-0.1, -0.05) is 13.8 Å². The van der Waals surface area contributed by atoms with Crippen molar-refractivity contribution < 1.29 is 24.2 Å². The summed E-state index contributed by atoms with van der Waals surface area (Å²) < 4.78 is 10.4. The van der Waals surface area contributed by atoms with Crippen LogP contribution in [0.2, 0.25) is 0 Å². The summed E-state index contributed by atoms with van der Waals surface area (Å²) in [4.78, 5) is 22.9. The average molecular weight is 294 g/mol. The largest absolute Gasteiger partial charge is 0.480 e. The van der Waals surface area contributed by atoms with Crippen LogP contribution in [0.5, 0.6) is 11.5 Å². The van der Waals surface area contributed by atoms with Crippen LogP contribution in [0, 0.1) is 5.92 Å². The van der Waals surface area contributed by atoms with E-state index in [1.165, 1.54) is 0 Å². The molecule has 7 nitrogen and oxygen atoms in total. The molecule has 0 spiro atoms. The van der Waals surface area contributed by atoms with Crippen LogP contribution in [0.4, 0.5) is 10.5 Å². The van der Waals surface area contributed by atoms with E-state index in [1.54, 1.807) is 18.2 Å². The minimum atomic E-state index is -1.05. The Kier molecular flexibility index (Phi) is 4.52. The highest BCUT2D eigenvalue weighted by Crippen LogP contribution is 2.34. The molecule has 0 radical (unpaired) electrons. The van der Waals surface area contributed by atoms with Crippen LogP contribution in [0.3, 0.4) is 0 Å². The summed E-state index contributed by atoms with van der Waals surface area (Å²) in [5.74, 6) is 0.274. The van der Waals surface area contributed by atoms with Crippen molar-refractivity contribution >= 4 is 17.7 Å². The summed E-state index contributed by atoms with van der Waals surface area (Å²) in [5.41, 5.74) is 0.505. The van der Waals surface area contributed by atoms with Crippen LogP contribution in [-0.2, 0) is 4.79 Å². The van der Waals surface area contributed by atoms with E-state index in [1.807, 2.05) is 13.8 Å². The van der Waals surface area contributed by atoms with Gasteiger partial charge in [-0.2, -0.15) is 0 Å². The molecular weight excluding hydrogens is 276 g/mol. The van der Waals surface area contributed by atoms with Crippen LogP contribution in [0.1, 0.15) is 20.3 Å². The summed E-state index contributed by atoms with van der Waals surface area (Å²) in [6.07, 6.45) is 0.365. The maximum atomic E-state index is 11.9. The fourth-order valence-corrected chi connectivity index (χ4v) is 1.99. The Morgan fingerprint density at radius 2 is 2.00 bits per heavy atom. The van der Waals surface area contributed by atoms with Crippen molar-refractivity contribution in [1.82, 2.24) is 5.32 Å². The van der Waals surface area contributed by atoms with Gasteiger partial charge in [0.2, 0.25) is 6.79 Å². The normalized spacial score (nSPS) is 13.9. The lowest BCUT2D eigenvalue weighted by molar-refractivity contribution is -0.139. The number of anilines is 1. The Morgan fingerprint density at radius 1 is 1.29 bits per heavy atom. The van der Waals surface area contributed by atoms with E-state index in [4.69, 9.17) is 14.6 Å². The van der Waals surface area contributed by atoms with Crippen LogP contribution in [-0.4, -0.2) is 29.9 Å². The zero-order valence-electron chi connectivity index (χ0n) is 11.9. The number of hydrogen-bond acceptors (Lipinski definition) is 4. The summed E-state index contributed by atoms with van der Waals surface area (Å²) >= 11 is 0. The molecule has 0 saturated heterocycles. The SMILES string of the molecule is CC(C)CC(NC(=O)Nc1ccc2c(c1)OCO2)C(=O)O. The molecule has 0 fully saturated rings. The number of fused-ring (bicyclic) bond motifs is 1. The number of carboxylic acid groups (broad SMARTS) is 1. The van der Waals surface area contributed by atoms with Gasteiger partial charge >= 0.3 is 12.0 Å². The van der Waals surface area contributed by atoms with Crippen molar-refractivity contribution in [3.05, 3.63) is 18.2 Å². The third-order valence-electron chi connectivity index (χ3n) is 2.94. The number of carboxylic acids is 1. The monoisotopic (exact) mass is 294 g/mol. The Balaban J connectivity index is 1.96. The minimum absolute atomic E-state index is 0.153. The van der Waals surface area contributed by atoms with Gasteiger partial charge in [0, 0.05) is 11.8 Å². The van der Waals surface area contributed by atoms with Crippen LogP contribution in [0.25, 0.3) is 0 Å². The Labute approximate surface area is 122 Å². The Hall–Kier alpha value is -2.44. The fourth-order valence-electron chi connectivity index (χ4n) is 1.99. The summed E-state index contributed by atoms with van der Waals surface area (Å²) in [5, 5.41) is 14.1. The first kappa shape index (κ1) is 15.0. The van der Waals surface area contributed by atoms with Crippen molar-refractivity contribution in [3.63, 3.8) is 0 Å². The molecule has 1 aromatic rings. The summed E-state index contributed by atoms with van der Waals surface area (Å²) in [6, 6.07) is 3.48. The van der Waals surface area contributed by atoms with Gasteiger partial charge in [0.05, 0.1) is 0 Å². The lowest BCUT2D eigenvalue weighted by Crippen LogP contribution is -2.43. The maximum Gasteiger partial charge on any atom is 0.326 e. The lowest BCUT2D eigenvalue weighted by Gasteiger charge is -2.17. The number of amides is 2. The second kappa shape index (κ2) is 6.34. The molecule has 0 aliphatic carbocycles. The molecule has 0 saturated carbocycles. The first-order chi connectivity index (χ1) is 9.95.